The summed E-state index contributed by atoms with van der Waals surface area (Å²) in [6.07, 6.45) is 6.95. The predicted octanol–water partition coefficient (Wildman–Crippen LogP) is 2.02. The lowest BCUT2D eigenvalue weighted by atomic mass is 10.1. The van der Waals surface area contributed by atoms with Gasteiger partial charge in [0, 0.05) is 25.4 Å². The number of hydrogen-bond donors (Lipinski definition) is 1. The summed E-state index contributed by atoms with van der Waals surface area (Å²) in [5.41, 5.74) is 6.89. The van der Waals surface area contributed by atoms with Gasteiger partial charge < -0.3 is 10.3 Å². The van der Waals surface area contributed by atoms with Crippen LogP contribution in [0.25, 0.3) is 0 Å². The van der Waals surface area contributed by atoms with E-state index in [1.165, 1.54) is 5.56 Å². The van der Waals surface area contributed by atoms with Crippen LogP contribution in [0.1, 0.15) is 17.8 Å². The molecule has 2 aromatic rings. The van der Waals surface area contributed by atoms with Crippen LogP contribution in [0.4, 0.5) is 0 Å². The Labute approximate surface area is 102 Å². The van der Waals surface area contributed by atoms with Crippen LogP contribution in [0.5, 0.6) is 0 Å². The average Bonchev–Trinajstić information content (AvgIpc) is 2.82. The summed E-state index contributed by atoms with van der Waals surface area (Å²) < 4.78 is 2.20. The van der Waals surface area contributed by atoms with E-state index >= 15 is 0 Å². The maximum atomic E-state index is 5.53. The quantitative estimate of drug-likeness (QED) is 0.823. The summed E-state index contributed by atoms with van der Waals surface area (Å²) in [5.74, 6) is 1.15. The first-order valence-electron chi connectivity index (χ1n) is 6.14. The van der Waals surface area contributed by atoms with Gasteiger partial charge in [0.25, 0.3) is 0 Å². The summed E-state index contributed by atoms with van der Waals surface area (Å²) in [6.45, 7) is 1.71. The molecule has 0 saturated carbocycles. The van der Waals surface area contributed by atoms with E-state index < -0.39 is 0 Å². The van der Waals surface area contributed by atoms with Crippen molar-refractivity contribution in [2.75, 3.05) is 6.54 Å². The first kappa shape index (κ1) is 11.9. The van der Waals surface area contributed by atoms with E-state index in [2.05, 4.69) is 33.8 Å². The molecule has 0 spiro atoms. The van der Waals surface area contributed by atoms with Crippen molar-refractivity contribution in [2.24, 2.45) is 5.73 Å². The van der Waals surface area contributed by atoms with Crippen LogP contribution in [-0.2, 0) is 19.4 Å². The van der Waals surface area contributed by atoms with Crippen molar-refractivity contribution in [3.05, 3.63) is 54.1 Å². The number of aromatic nitrogens is 2. The normalized spacial score (nSPS) is 10.6. The molecule has 1 aromatic carbocycles. The van der Waals surface area contributed by atoms with Gasteiger partial charge in [0.15, 0.2) is 0 Å². The van der Waals surface area contributed by atoms with Crippen LogP contribution >= 0.6 is 0 Å². The van der Waals surface area contributed by atoms with Gasteiger partial charge in [0.2, 0.25) is 0 Å². The number of nitrogens with zero attached hydrogens (tertiary/aromatic N) is 2. The summed E-state index contributed by atoms with van der Waals surface area (Å²) >= 11 is 0. The highest BCUT2D eigenvalue weighted by Crippen LogP contribution is 2.06. The van der Waals surface area contributed by atoms with Crippen LogP contribution in [-0.4, -0.2) is 16.1 Å². The lowest BCUT2D eigenvalue weighted by Crippen LogP contribution is -2.09. The molecule has 3 heteroatoms. The zero-order valence-electron chi connectivity index (χ0n) is 10.0. The van der Waals surface area contributed by atoms with Gasteiger partial charge in [-0.3, -0.25) is 0 Å². The predicted molar refractivity (Wildman–Crippen MR) is 69.7 cm³/mol. The zero-order chi connectivity index (χ0) is 11.9. The smallest absolute Gasteiger partial charge is 0.108 e. The third-order valence-corrected chi connectivity index (χ3v) is 2.88. The number of aryl methyl sites for hydroxylation is 3. The van der Waals surface area contributed by atoms with E-state index in [-0.39, 0.29) is 0 Å². The fourth-order valence-corrected chi connectivity index (χ4v) is 1.93. The van der Waals surface area contributed by atoms with Gasteiger partial charge in [-0.25, -0.2) is 4.98 Å². The van der Waals surface area contributed by atoms with Crippen LogP contribution in [0.15, 0.2) is 42.7 Å². The molecule has 0 atom stereocenters. The molecule has 3 nitrogen and oxygen atoms in total. The highest BCUT2D eigenvalue weighted by atomic mass is 15.1. The van der Waals surface area contributed by atoms with E-state index in [0.29, 0.717) is 0 Å². The highest BCUT2D eigenvalue weighted by molar-refractivity contribution is 5.15. The molecule has 90 valence electrons. The molecule has 0 saturated heterocycles. The van der Waals surface area contributed by atoms with Crippen molar-refractivity contribution in [1.29, 1.82) is 0 Å². The maximum absolute atomic E-state index is 5.53. The Balaban J connectivity index is 1.92. The summed E-state index contributed by atoms with van der Waals surface area (Å²) in [4.78, 5) is 4.41. The Kier molecular flexibility index (Phi) is 4.33. The largest absolute Gasteiger partial charge is 0.335 e. The van der Waals surface area contributed by atoms with Crippen LogP contribution in [0.2, 0.25) is 0 Å². The van der Waals surface area contributed by atoms with E-state index in [9.17, 15) is 0 Å². The van der Waals surface area contributed by atoms with Crippen molar-refractivity contribution < 1.29 is 0 Å². The second kappa shape index (κ2) is 6.21. The Hall–Kier alpha value is -1.61. The summed E-state index contributed by atoms with van der Waals surface area (Å²) in [6, 6.07) is 10.5. The van der Waals surface area contributed by atoms with Crippen molar-refractivity contribution >= 4 is 0 Å². The Bertz CT molecular complexity index is 434. The maximum Gasteiger partial charge on any atom is 0.108 e. The third-order valence-electron chi connectivity index (χ3n) is 2.88. The molecular weight excluding hydrogens is 210 g/mol. The van der Waals surface area contributed by atoms with Gasteiger partial charge in [-0.05, 0) is 24.9 Å². The molecule has 0 amide bonds. The minimum atomic E-state index is 0.732. The van der Waals surface area contributed by atoms with Gasteiger partial charge in [-0.1, -0.05) is 30.3 Å². The van der Waals surface area contributed by atoms with Gasteiger partial charge in [0.05, 0.1) is 0 Å². The number of hydrogen-bond acceptors (Lipinski definition) is 2. The molecule has 0 aliphatic carbocycles. The molecule has 0 fully saturated rings. The topological polar surface area (TPSA) is 43.8 Å². The molecule has 1 aromatic heterocycles. The van der Waals surface area contributed by atoms with Crippen LogP contribution in [0, 0.1) is 0 Å². The second-order valence-corrected chi connectivity index (χ2v) is 4.16. The van der Waals surface area contributed by atoms with Gasteiger partial charge in [-0.15, -0.1) is 0 Å². The van der Waals surface area contributed by atoms with Crippen molar-refractivity contribution in [3.63, 3.8) is 0 Å². The average molecular weight is 229 g/mol. The Morgan fingerprint density at radius 3 is 2.71 bits per heavy atom. The minimum Gasteiger partial charge on any atom is -0.335 e. The lowest BCUT2D eigenvalue weighted by molar-refractivity contribution is 0.614. The molecule has 1 heterocycles. The van der Waals surface area contributed by atoms with E-state index in [4.69, 9.17) is 5.73 Å². The molecule has 0 aliphatic heterocycles. The third kappa shape index (κ3) is 3.43. The first-order chi connectivity index (χ1) is 8.40. The summed E-state index contributed by atoms with van der Waals surface area (Å²) in [7, 11) is 0. The fourth-order valence-electron chi connectivity index (χ4n) is 1.93. The number of benzene rings is 1. The lowest BCUT2D eigenvalue weighted by Gasteiger charge is -2.06. The zero-order valence-corrected chi connectivity index (χ0v) is 10.0. The van der Waals surface area contributed by atoms with E-state index in [0.717, 1.165) is 38.2 Å². The number of imidazole rings is 1. The molecule has 2 N–H and O–H groups in total. The van der Waals surface area contributed by atoms with Gasteiger partial charge >= 0.3 is 0 Å². The van der Waals surface area contributed by atoms with Crippen LogP contribution < -0.4 is 5.73 Å². The molecule has 2 rings (SSSR count). The summed E-state index contributed by atoms with van der Waals surface area (Å²) in [5, 5.41) is 0. The van der Waals surface area contributed by atoms with Gasteiger partial charge in [0.1, 0.15) is 5.82 Å². The monoisotopic (exact) mass is 229 g/mol. The van der Waals surface area contributed by atoms with E-state index in [1.54, 1.807) is 0 Å². The Morgan fingerprint density at radius 1 is 1.12 bits per heavy atom. The molecule has 0 unspecified atom stereocenters. The van der Waals surface area contributed by atoms with Crippen LogP contribution in [0.3, 0.4) is 0 Å². The fraction of sp³-hybridized carbons (Fsp3) is 0.357. The van der Waals surface area contributed by atoms with E-state index in [1.807, 2.05) is 18.5 Å². The second-order valence-electron chi connectivity index (χ2n) is 4.16. The van der Waals surface area contributed by atoms with Crippen molar-refractivity contribution in [1.82, 2.24) is 9.55 Å². The molecule has 17 heavy (non-hydrogen) atoms. The van der Waals surface area contributed by atoms with Gasteiger partial charge in [-0.2, -0.15) is 0 Å². The molecule has 0 aliphatic rings. The highest BCUT2D eigenvalue weighted by Gasteiger charge is 2.02. The molecule has 0 bridgehead atoms. The standard InChI is InChI=1S/C14H19N3/c15-9-4-11-17-12-10-16-14(17)8-7-13-5-2-1-3-6-13/h1-3,5-6,10,12H,4,7-9,11,15H2. The number of nitrogens with two attached hydrogens (primary N) is 1. The Morgan fingerprint density at radius 2 is 1.94 bits per heavy atom. The minimum absolute atomic E-state index is 0.732. The molecule has 0 radical (unpaired) electrons. The van der Waals surface area contributed by atoms with Crippen molar-refractivity contribution in [2.45, 2.75) is 25.8 Å². The molecular formula is C14H19N3. The SMILES string of the molecule is NCCCn1ccnc1CCc1ccccc1. The van der Waals surface area contributed by atoms with Crippen molar-refractivity contribution in [3.8, 4) is 0 Å². The first-order valence-corrected chi connectivity index (χ1v) is 6.14. The number of rotatable bonds is 6.